The Morgan fingerprint density at radius 3 is 2.79 bits per heavy atom. The standard InChI is InChI=1S/C12H16ClF2NO3/c1-18-10-5-9(13)4-8(12(10)17)6-16-2-3-19-7-11(14)15/h4-5,11,16-17H,2-3,6-7H2,1H3. The first-order chi connectivity index (χ1) is 9.04. The molecule has 0 aromatic heterocycles. The molecule has 0 fully saturated rings. The fourth-order valence-electron chi connectivity index (χ4n) is 1.46. The van der Waals surface area contributed by atoms with E-state index in [2.05, 4.69) is 5.32 Å². The Morgan fingerprint density at radius 1 is 1.42 bits per heavy atom. The lowest BCUT2D eigenvalue weighted by Gasteiger charge is -2.11. The van der Waals surface area contributed by atoms with Crippen LogP contribution in [0.15, 0.2) is 12.1 Å². The Kier molecular flexibility index (Phi) is 6.83. The van der Waals surface area contributed by atoms with Crippen molar-refractivity contribution in [2.75, 3.05) is 26.9 Å². The molecule has 0 aliphatic carbocycles. The molecule has 0 aliphatic heterocycles. The van der Waals surface area contributed by atoms with Crippen LogP contribution in [0.1, 0.15) is 5.56 Å². The van der Waals surface area contributed by atoms with Crippen LogP contribution in [0.5, 0.6) is 11.5 Å². The monoisotopic (exact) mass is 295 g/mol. The smallest absolute Gasteiger partial charge is 0.261 e. The molecule has 0 spiro atoms. The molecule has 7 heteroatoms. The summed E-state index contributed by atoms with van der Waals surface area (Å²) in [5.74, 6) is 0.297. The van der Waals surface area contributed by atoms with Gasteiger partial charge in [0.05, 0.1) is 13.7 Å². The van der Waals surface area contributed by atoms with E-state index in [0.717, 1.165) is 0 Å². The number of alkyl halides is 2. The van der Waals surface area contributed by atoms with Crippen molar-refractivity contribution in [2.24, 2.45) is 0 Å². The number of aromatic hydroxyl groups is 1. The SMILES string of the molecule is COc1cc(Cl)cc(CNCCOCC(F)F)c1O. The molecule has 2 N–H and O–H groups in total. The lowest BCUT2D eigenvalue weighted by atomic mass is 10.2. The van der Waals surface area contributed by atoms with E-state index in [0.29, 0.717) is 29.4 Å². The van der Waals surface area contributed by atoms with Gasteiger partial charge in [-0.05, 0) is 6.07 Å². The van der Waals surface area contributed by atoms with Crippen LogP contribution in [-0.4, -0.2) is 38.4 Å². The van der Waals surface area contributed by atoms with Gasteiger partial charge in [-0.2, -0.15) is 0 Å². The first kappa shape index (κ1) is 15.9. The highest BCUT2D eigenvalue weighted by atomic mass is 35.5. The fraction of sp³-hybridized carbons (Fsp3) is 0.500. The molecule has 0 bridgehead atoms. The van der Waals surface area contributed by atoms with E-state index < -0.39 is 13.0 Å². The van der Waals surface area contributed by atoms with Crippen molar-refractivity contribution >= 4 is 11.6 Å². The maximum absolute atomic E-state index is 11.8. The van der Waals surface area contributed by atoms with Crippen molar-refractivity contribution in [3.8, 4) is 11.5 Å². The molecule has 0 unspecified atom stereocenters. The average Bonchev–Trinajstić information content (AvgIpc) is 2.36. The number of rotatable bonds is 8. The second-order valence-corrected chi connectivity index (χ2v) is 4.19. The molecule has 1 aromatic rings. The zero-order chi connectivity index (χ0) is 14.3. The fourth-order valence-corrected chi connectivity index (χ4v) is 1.69. The van der Waals surface area contributed by atoms with Gasteiger partial charge in [0.1, 0.15) is 6.61 Å². The van der Waals surface area contributed by atoms with E-state index in [9.17, 15) is 13.9 Å². The van der Waals surface area contributed by atoms with Gasteiger partial charge in [-0.15, -0.1) is 0 Å². The summed E-state index contributed by atoms with van der Waals surface area (Å²) in [5.41, 5.74) is 0.568. The molecule has 0 radical (unpaired) electrons. The van der Waals surface area contributed by atoms with Crippen molar-refractivity contribution < 1.29 is 23.4 Å². The summed E-state index contributed by atoms with van der Waals surface area (Å²) in [6.45, 7) is 0.322. The number of nitrogens with one attached hydrogen (secondary N) is 1. The highest BCUT2D eigenvalue weighted by Gasteiger charge is 2.09. The van der Waals surface area contributed by atoms with Crippen LogP contribution in [0, 0.1) is 0 Å². The van der Waals surface area contributed by atoms with Crippen LogP contribution in [0.2, 0.25) is 5.02 Å². The number of halogens is 3. The number of methoxy groups -OCH3 is 1. The molecular formula is C12H16ClF2NO3. The largest absolute Gasteiger partial charge is 0.504 e. The van der Waals surface area contributed by atoms with Crippen LogP contribution < -0.4 is 10.1 Å². The molecule has 0 atom stereocenters. The topological polar surface area (TPSA) is 50.7 Å². The molecular weight excluding hydrogens is 280 g/mol. The van der Waals surface area contributed by atoms with Gasteiger partial charge in [-0.1, -0.05) is 11.6 Å². The number of ether oxygens (including phenoxy) is 2. The van der Waals surface area contributed by atoms with E-state index in [4.69, 9.17) is 21.1 Å². The van der Waals surface area contributed by atoms with Gasteiger partial charge in [0.25, 0.3) is 6.43 Å². The lowest BCUT2D eigenvalue weighted by Crippen LogP contribution is -2.20. The van der Waals surface area contributed by atoms with Crippen LogP contribution in [0.4, 0.5) is 8.78 Å². The maximum atomic E-state index is 11.8. The Hall–Kier alpha value is -1.11. The minimum Gasteiger partial charge on any atom is -0.504 e. The minimum absolute atomic E-state index is 0.00731. The second-order valence-electron chi connectivity index (χ2n) is 3.76. The summed E-state index contributed by atoms with van der Waals surface area (Å²) in [6.07, 6.45) is -2.46. The third-order valence-corrected chi connectivity index (χ3v) is 2.54. The summed E-state index contributed by atoms with van der Waals surface area (Å²) in [5, 5.41) is 13.2. The normalized spacial score (nSPS) is 11.0. The summed E-state index contributed by atoms with van der Waals surface area (Å²) >= 11 is 5.87. The number of phenols is 1. The van der Waals surface area contributed by atoms with Crippen molar-refractivity contribution in [1.29, 1.82) is 0 Å². The first-order valence-electron chi connectivity index (χ1n) is 5.66. The number of hydrogen-bond acceptors (Lipinski definition) is 4. The van der Waals surface area contributed by atoms with Gasteiger partial charge in [-0.3, -0.25) is 0 Å². The van der Waals surface area contributed by atoms with Crippen molar-refractivity contribution in [1.82, 2.24) is 5.32 Å². The van der Waals surface area contributed by atoms with Crippen molar-refractivity contribution in [2.45, 2.75) is 13.0 Å². The summed E-state index contributed by atoms with van der Waals surface area (Å²) in [7, 11) is 1.43. The molecule has 108 valence electrons. The molecule has 0 heterocycles. The molecule has 0 aliphatic rings. The van der Waals surface area contributed by atoms with E-state index in [1.54, 1.807) is 6.07 Å². The number of benzene rings is 1. The summed E-state index contributed by atoms with van der Waals surface area (Å²) in [4.78, 5) is 0. The molecule has 1 aromatic carbocycles. The van der Waals surface area contributed by atoms with Gasteiger partial charge in [0.2, 0.25) is 0 Å². The molecule has 0 amide bonds. The van der Waals surface area contributed by atoms with Gasteiger partial charge in [-0.25, -0.2) is 8.78 Å². The van der Waals surface area contributed by atoms with Crippen LogP contribution in [-0.2, 0) is 11.3 Å². The van der Waals surface area contributed by atoms with E-state index >= 15 is 0 Å². The van der Waals surface area contributed by atoms with E-state index in [1.165, 1.54) is 13.2 Å². The number of hydrogen-bond donors (Lipinski definition) is 2. The zero-order valence-electron chi connectivity index (χ0n) is 10.5. The predicted molar refractivity (Wildman–Crippen MR) is 68.2 cm³/mol. The molecule has 1 rings (SSSR count). The maximum Gasteiger partial charge on any atom is 0.261 e. The van der Waals surface area contributed by atoms with E-state index in [1.807, 2.05) is 0 Å². The van der Waals surface area contributed by atoms with Gasteiger partial charge < -0.3 is 19.9 Å². The summed E-state index contributed by atoms with van der Waals surface area (Å²) in [6, 6.07) is 3.11. The Morgan fingerprint density at radius 2 is 2.16 bits per heavy atom. The van der Waals surface area contributed by atoms with Crippen LogP contribution in [0.3, 0.4) is 0 Å². The average molecular weight is 296 g/mol. The van der Waals surface area contributed by atoms with Gasteiger partial charge >= 0.3 is 0 Å². The van der Waals surface area contributed by atoms with Crippen molar-refractivity contribution in [3.05, 3.63) is 22.7 Å². The molecule has 0 saturated heterocycles. The summed E-state index contributed by atoms with van der Waals surface area (Å²) < 4.78 is 33.2. The van der Waals surface area contributed by atoms with E-state index in [-0.39, 0.29) is 12.4 Å². The highest BCUT2D eigenvalue weighted by Crippen LogP contribution is 2.33. The third-order valence-electron chi connectivity index (χ3n) is 2.32. The van der Waals surface area contributed by atoms with Crippen LogP contribution >= 0.6 is 11.6 Å². The molecule has 0 saturated carbocycles. The zero-order valence-corrected chi connectivity index (χ0v) is 11.2. The quantitative estimate of drug-likeness (QED) is 0.723. The third kappa shape index (κ3) is 5.59. The Bertz CT molecular complexity index is 405. The van der Waals surface area contributed by atoms with Gasteiger partial charge in [0, 0.05) is 29.7 Å². The predicted octanol–water partition coefficient (Wildman–Crippen LogP) is 2.43. The first-order valence-corrected chi connectivity index (χ1v) is 6.04. The van der Waals surface area contributed by atoms with Crippen molar-refractivity contribution in [3.63, 3.8) is 0 Å². The Balaban J connectivity index is 2.39. The number of phenolic OH excluding ortho intramolecular Hbond substituents is 1. The Labute approximate surface area is 115 Å². The minimum atomic E-state index is -2.46. The lowest BCUT2D eigenvalue weighted by molar-refractivity contribution is 0.0187. The molecule has 4 nitrogen and oxygen atoms in total. The van der Waals surface area contributed by atoms with Gasteiger partial charge in [0.15, 0.2) is 11.5 Å². The second kappa shape index (κ2) is 8.14. The van der Waals surface area contributed by atoms with Crippen LogP contribution in [0.25, 0.3) is 0 Å². The highest BCUT2D eigenvalue weighted by molar-refractivity contribution is 6.30. The molecule has 19 heavy (non-hydrogen) atoms.